The fraction of sp³-hybridized carbons (Fsp3) is 0.267. The summed E-state index contributed by atoms with van der Waals surface area (Å²) in [6, 6.07) is 6.54. The lowest BCUT2D eigenvalue weighted by Crippen LogP contribution is -2.31. The number of esters is 1. The second-order valence-electron chi connectivity index (χ2n) is 10.9. The van der Waals surface area contributed by atoms with Crippen LogP contribution in [0.1, 0.15) is 53.6 Å². The molecule has 0 unspecified atom stereocenters. The van der Waals surface area contributed by atoms with Crippen molar-refractivity contribution in [1.82, 2.24) is 4.90 Å². The van der Waals surface area contributed by atoms with Crippen LogP contribution in [0.5, 0.6) is 5.75 Å². The molecule has 0 atom stereocenters. The van der Waals surface area contributed by atoms with Crippen LogP contribution in [0.2, 0.25) is 0 Å². The molecule has 2 aromatic carbocycles. The lowest BCUT2D eigenvalue weighted by molar-refractivity contribution is -0.143. The summed E-state index contributed by atoms with van der Waals surface area (Å²) in [4.78, 5) is 39.5. The summed E-state index contributed by atoms with van der Waals surface area (Å²) >= 11 is 7.21. The van der Waals surface area contributed by atoms with Crippen molar-refractivity contribution in [3.05, 3.63) is 74.3 Å². The van der Waals surface area contributed by atoms with E-state index in [4.69, 9.17) is 17.0 Å². The number of aromatic hydroxyl groups is 1. The van der Waals surface area contributed by atoms with Crippen molar-refractivity contribution in [3.63, 3.8) is 0 Å². The molecule has 0 spiro atoms. The van der Waals surface area contributed by atoms with Gasteiger partial charge in [0.2, 0.25) is 5.91 Å². The lowest BCUT2D eigenvalue weighted by atomic mass is 10.0. The number of carbonyl (C=O) groups excluding carboxylic acids is 3. The van der Waals surface area contributed by atoms with Gasteiger partial charge in [-0.05, 0) is 79.8 Å². The van der Waals surface area contributed by atoms with E-state index in [1.807, 2.05) is 0 Å². The number of anilines is 1. The largest absolute Gasteiger partial charge is 0.507 e. The number of alkyl halides is 6. The molecule has 2 amide bonds. The number of thioether (sulfide) groups is 1. The molecule has 4 rings (SSSR count). The zero-order valence-electron chi connectivity index (χ0n) is 24.1. The van der Waals surface area contributed by atoms with E-state index in [1.54, 1.807) is 20.8 Å². The van der Waals surface area contributed by atoms with Gasteiger partial charge < -0.3 is 15.2 Å². The van der Waals surface area contributed by atoms with Crippen molar-refractivity contribution in [2.24, 2.45) is 0 Å². The molecule has 1 fully saturated rings. The quantitative estimate of drug-likeness (QED) is 0.111. The molecule has 1 aromatic heterocycles. The number of nitrogens with one attached hydrogen (secondary N) is 1. The summed E-state index contributed by atoms with van der Waals surface area (Å²) in [7, 11) is 0. The molecule has 3 aromatic rings. The summed E-state index contributed by atoms with van der Waals surface area (Å²) in [5, 5.41) is 14.2. The highest BCUT2D eigenvalue weighted by Gasteiger charge is 2.37. The molecule has 2 heterocycles. The molecule has 46 heavy (non-hydrogen) atoms. The van der Waals surface area contributed by atoms with Crippen LogP contribution in [-0.4, -0.2) is 44.3 Å². The van der Waals surface area contributed by atoms with Crippen LogP contribution in [-0.2, 0) is 26.7 Å². The van der Waals surface area contributed by atoms with Gasteiger partial charge in [-0.1, -0.05) is 24.0 Å². The molecule has 0 aliphatic carbocycles. The maximum absolute atomic E-state index is 13.3. The Hall–Kier alpha value is -3.89. The van der Waals surface area contributed by atoms with Crippen LogP contribution < -0.4 is 5.32 Å². The molecule has 0 bridgehead atoms. The number of hydrogen-bond donors (Lipinski definition) is 2. The van der Waals surface area contributed by atoms with Crippen LogP contribution in [0, 0.1) is 0 Å². The van der Waals surface area contributed by atoms with Crippen molar-refractivity contribution in [1.29, 1.82) is 0 Å². The molecular formula is C30H24F6N2O5S3. The molecule has 1 aliphatic heterocycles. The van der Waals surface area contributed by atoms with E-state index in [9.17, 15) is 45.8 Å². The topological polar surface area (TPSA) is 95.9 Å². The maximum Gasteiger partial charge on any atom is 0.416 e. The van der Waals surface area contributed by atoms with Crippen LogP contribution in [0.4, 0.5) is 32.0 Å². The third kappa shape index (κ3) is 8.67. The molecule has 2 N–H and O–H groups in total. The fourth-order valence-corrected chi connectivity index (χ4v) is 6.30. The van der Waals surface area contributed by atoms with Crippen molar-refractivity contribution in [2.45, 2.75) is 45.1 Å². The van der Waals surface area contributed by atoms with Gasteiger partial charge in [0.05, 0.1) is 16.0 Å². The van der Waals surface area contributed by atoms with Gasteiger partial charge in [-0.15, -0.1) is 11.3 Å². The molecule has 7 nitrogen and oxygen atoms in total. The number of carbonyl (C=O) groups is 3. The van der Waals surface area contributed by atoms with E-state index in [2.05, 4.69) is 5.32 Å². The highest BCUT2D eigenvalue weighted by molar-refractivity contribution is 8.26. The minimum absolute atomic E-state index is 0.0502. The Balaban J connectivity index is 1.41. The number of rotatable bonds is 7. The number of phenols is 1. The van der Waals surface area contributed by atoms with Crippen LogP contribution in [0.15, 0.2) is 52.7 Å². The molecule has 1 saturated heterocycles. The zero-order chi connectivity index (χ0) is 34.2. The van der Waals surface area contributed by atoms with E-state index in [0.717, 1.165) is 23.1 Å². The normalized spacial score (nSPS) is 15.1. The second kappa shape index (κ2) is 13.1. The smallest absolute Gasteiger partial charge is 0.416 e. The molecule has 16 heteroatoms. The van der Waals surface area contributed by atoms with Crippen molar-refractivity contribution in [3.8, 4) is 16.9 Å². The maximum atomic E-state index is 13.3. The zero-order valence-corrected chi connectivity index (χ0v) is 26.6. The average Bonchev–Trinajstić information content (AvgIpc) is 3.49. The van der Waals surface area contributed by atoms with Crippen molar-refractivity contribution >= 4 is 69.2 Å². The van der Waals surface area contributed by atoms with Gasteiger partial charge in [-0.3, -0.25) is 14.5 Å². The third-order valence-corrected chi connectivity index (χ3v) is 8.41. The number of phenolic OH excluding ortho intramolecular Hbond substituents is 1. The average molecular weight is 703 g/mol. The first-order valence-electron chi connectivity index (χ1n) is 13.2. The number of halogens is 6. The molecule has 0 radical (unpaired) electrons. The summed E-state index contributed by atoms with van der Waals surface area (Å²) in [6.45, 7) is 4.92. The van der Waals surface area contributed by atoms with Gasteiger partial charge in [0.1, 0.15) is 21.2 Å². The van der Waals surface area contributed by atoms with Crippen LogP contribution >= 0.6 is 35.3 Å². The van der Waals surface area contributed by atoms with Crippen LogP contribution in [0.25, 0.3) is 17.2 Å². The van der Waals surface area contributed by atoms with Crippen molar-refractivity contribution in [2.75, 3.05) is 11.9 Å². The number of nitrogens with zero attached hydrogens (tertiary/aromatic N) is 1. The second-order valence-corrected chi connectivity index (χ2v) is 13.5. The number of thiocarbonyl (C=S) groups is 1. The Morgan fingerprint density at radius 1 is 0.978 bits per heavy atom. The molecular weight excluding hydrogens is 679 g/mol. The number of benzene rings is 2. The van der Waals surface area contributed by atoms with Gasteiger partial charge in [-0.25, -0.2) is 4.79 Å². The summed E-state index contributed by atoms with van der Waals surface area (Å²) < 4.78 is 85.1. The Morgan fingerprint density at radius 2 is 1.61 bits per heavy atom. The first-order valence-corrected chi connectivity index (χ1v) is 15.3. The Morgan fingerprint density at radius 3 is 2.17 bits per heavy atom. The Labute approximate surface area is 272 Å². The first-order chi connectivity index (χ1) is 21.2. The minimum atomic E-state index is -4.99. The number of thiophene rings is 1. The van der Waals surface area contributed by atoms with Gasteiger partial charge in [0.15, 0.2) is 0 Å². The Kier molecular flexibility index (Phi) is 9.94. The predicted molar refractivity (Wildman–Crippen MR) is 166 cm³/mol. The first kappa shape index (κ1) is 35.0. The van der Waals surface area contributed by atoms with E-state index < -0.39 is 52.6 Å². The lowest BCUT2D eigenvalue weighted by Gasteiger charge is -2.20. The SMILES string of the molecule is CC(C)(C)OC(=O)c1ccc(NC(=O)CCN2C(=O)/C(=C/c3cc(-c4cc(C(F)(F)F)cc(C(F)(F)F)c4)cs3)SC2=S)cc1O. The predicted octanol–water partition coefficient (Wildman–Crippen LogP) is 8.34. The standard InChI is InChI=1S/C30H24F6N2O5S3/c1-28(2,3)43-26(42)21-5-4-19(12-22(21)39)37-24(40)6-7-38-25(41)23(46-27(38)44)13-20-10-16(14-45-20)15-8-17(29(31,32)33)11-18(9-15)30(34,35)36/h4-5,8-14,39H,6-7H2,1-3H3,(H,37,40)/b23-13-. The van der Waals surface area contributed by atoms with Gasteiger partial charge in [0, 0.05) is 29.6 Å². The van der Waals surface area contributed by atoms with E-state index in [-0.39, 0.29) is 50.6 Å². The number of amides is 2. The molecule has 244 valence electrons. The number of hydrogen-bond acceptors (Lipinski definition) is 8. The van der Waals surface area contributed by atoms with Gasteiger partial charge >= 0.3 is 18.3 Å². The van der Waals surface area contributed by atoms with Crippen molar-refractivity contribution < 1.29 is 50.6 Å². The Bertz CT molecular complexity index is 1710. The number of ether oxygens (including phenoxy) is 1. The molecule has 0 saturated carbocycles. The van der Waals surface area contributed by atoms with E-state index >= 15 is 0 Å². The fourth-order valence-electron chi connectivity index (χ4n) is 4.08. The minimum Gasteiger partial charge on any atom is -0.507 e. The monoisotopic (exact) mass is 702 g/mol. The summed E-state index contributed by atoms with van der Waals surface area (Å²) in [5.74, 6) is -2.20. The summed E-state index contributed by atoms with van der Waals surface area (Å²) in [6.07, 6.45) is -8.75. The summed E-state index contributed by atoms with van der Waals surface area (Å²) in [5.41, 5.74) is -3.74. The highest BCUT2D eigenvalue weighted by Crippen LogP contribution is 2.40. The highest BCUT2D eigenvalue weighted by atomic mass is 32.2. The van der Waals surface area contributed by atoms with E-state index in [0.29, 0.717) is 17.0 Å². The third-order valence-electron chi connectivity index (χ3n) is 6.15. The van der Waals surface area contributed by atoms with Crippen LogP contribution in [0.3, 0.4) is 0 Å². The van der Waals surface area contributed by atoms with E-state index in [1.165, 1.54) is 40.6 Å². The van der Waals surface area contributed by atoms with Gasteiger partial charge in [0.25, 0.3) is 5.91 Å². The molecule has 1 aliphatic rings. The van der Waals surface area contributed by atoms with Gasteiger partial charge in [-0.2, -0.15) is 26.3 Å².